The number of hydrogen-bond acceptors (Lipinski definition) is 6. The highest BCUT2D eigenvalue weighted by molar-refractivity contribution is 6.38. The second-order valence-electron chi connectivity index (χ2n) is 11.7. The summed E-state index contributed by atoms with van der Waals surface area (Å²) in [5.74, 6) is -1.49. The van der Waals surface area contributed by atoms with Crippen molar-refractivity contribution in [3.05, 3.63) is 0 Å². The van der Waals surface area contributed by atoms with Crippen LogP contribution in [0.25, 0.3) is 0 Å². The van der Waals surface area contributed by atoms with Gasteiger partial charge in [-0.3, -0.25) is 19.2 Å². The summed E-state index contributed by atoms with van der Waals surface area (Å²) in [6, 6.07) is -2.48. The average Bonchev–Trinajstić information content (AvgIpc) is 3.56. The Hall–Kier alpha value is -2.45. The molecule has 0 spiro atoms. The predicted molar refractivity (Wildman–Crippen MR) is 136 cm³/mol. The summed E-state index contributed by atoms with van der Waals surface area (Å²) >= 11 is 0. The quantitative estimate of drug-likeness (QED) is 0.436. The fourth-order valence-corrected chi connectivity index (χ4v) is 4.57. The topological polar surface area (TPSA) is 122 Å². The van der Waals surface area contributed by atoms with Crippen molar-refractivity contribution in [2.75, 3.05) is 6.54 Å². The van der Waals surface area contributed by atoms with Crippen molar-refractivity contribution < 1.29 is 28.7 Å². The van der Waals surface area contributed by atoms with Crippen LogP contribution in [0.3, 0.4) is 0 Å². The van der Waals surface area contributed by atoms with E-state index < -0.39 is 47.3 Å². The van der Waals surface area contributed by atoms with Gasteiger partial charge < -0.3 is 20.3 Å². The third-order valence-electron chi connectivity index (χ3n) is 6.53. The summed E-state index contributed by atoms with van der Waals surface area (Å²) in [6.07, 6.45) is 5.94. The largest absolute Gasteiger partial charge is 0.444 e. The van der Waals surface area contributed by atoms with E-state index in [2.05, 4.69) is 10.6 Å². The van der Waals surface area contributed by atoms with Crippen molar-refractivity contribution in [2.45, 2.75) is 123 Å². The highest BCUT2D eigenvalue weighted by Crippen LogP contribution is 2.34. The minimum absolute atomic E-state index is 0.101. The normalized spacial score (nSPS) is 21.0. The van der Waals surface area contributed by atoms with Gasteiger partial charge in [0.15, 0.2) is 5.78 Å². The molecule has 1 saturated carbocycles. The monoisotopic (exact) mass is 507 g/mol. The first-order valence-corrected chi connectivity index (χ1v) is 13.4. The Kier molecular flexibility index (Phi) is 10.9. The van der Waals surface area contributed by atoms with Gasteiger partial charge in [0.1, 0.15) is 17.7 Å². The van der Waals surface area contributed by atoms with Crippen LogP contribution in [0.1, 0.15) is 99.3 Å². The molecule has 3 atom stereocenters. The minimum atomic E-state index is -0.875. The summed E-state index contributed by atoms with van der Waals surface area (Å²) in [5.41, 5.74) is -0.703. The maximum absolute atomic E-state index is 13.7. The molecule has 1 heterocycles. The summed E-state index contributed by atoms with van der Waals surface area (Å²) in [5, 5.41) is 5.54. The molecule has 36 heavy (non-hydrogen) atoms. The minimum Gasteiger partial charge on any atom is -0.444 e. The van der Waals surface area contributed by atoms with E-state index >= 15 is 0 Å². The second-order valence-corrected chi connectivity index (χ2v) is 11.7. The van der Waals surface area contributed by atoms with Crippen LogP contribution in [0.5, 0.6) is 0 Å². The van der Waals surface area contributed by atoms with Crippen molar-refractivity contribution in [1.82, 2.24) is 15.5 Å². The maximum atomic E-state index is 13.7. The molecule has 1 aliphatic heterocycles. The molecule has 1 aliphatic carbocycles. The molecule has 3 amide bonds. The smallest absolute Gasteiger partial charge is 0.408 e. The molecule has 2 unspecified atom stereocenters. The van der Waals surface area contributed by atoms with E-state index in [1.807, 2.05) is 13.8 Å². The van der Waals surface area contributed by atoms with Crippen LogP contribution < -0.4 is 10.6 Å². The number of alkyl carbamates (subject to hydrolysis) is 1. The Morgan fingerprint density at radius 1 is 1.03 bits per heavy atom. The lowest BCUT2D eigenvalue weighted by Gasteiger charge is -2.35. The van der Waals surface area contributed by atoms with Crippen molar-refractivity contribution in [3.63, 3.8) is 0 Å². The van der Waals surface area contributed by atoms with Crippen molar-refractivity contribution in [1.29, 1.82) is 0 Å². The molecule has 0 aromatic rings. The fraction of sp³-hybridized carbons (Fsp3) is 0.815. The first-order chi connectivity index (χ1) is 16.8. The number of nitrogens with one attached hydrogen (secondary N) is 2. The van der Waals surface area contributed by atoms with E-state index in [-0.39, 0.29) is 11.8 Å². The fourth-order valence-electron chi connectivity index (χ4n) is 4.57. The highest BCUT2D eigenvalue weighted by atomic mass is 16.6. The molecule has 2 fully saturated rings. The van der Waals surface area contributed by atoms with Gasteiger partial charge in [0.2, 0.25) is 17.6 Å². The Bertz CT molecular complexity index is 815. The first-order valence-electron chi connectivity index (χ1n) is 13.4. The van der Waals surface area contributed by atoms with Gasteiger partial charge in [0.25, 0.3) is 0 Å². The van der Waals surface area contributed by atoms with Crippen LogP contribution in [0.2, 0.25) is 0 Å². The summed E-state index contributed by atoms with van der Waals surface area (Å²) in [6.45, 7) is 10.8. The van der Waals surface area contributed by atoms with Crippen molar-refractivity contribution in [2.24, 2.45) is 11.8 Å². The number of amides is 3. The molecule has 0 aromatic heterocycles. The van der Waals surface area contributed by atoms with Crippen LogP contribution in [0.4, 0.5) is 4.79 Å². The third kappa shape index (κ3) is 9.90. The van der Waals surface area contributed by atoms with Crippen molar-refractivity contribution in [3.8, 4) is 0 Å². The van der Waals surface area contributed by atoms with Crippen LogP contribution in [-0.2, 0) is 23.9 Å². The van der Waals surface area contributed by atoms with E-state index in [9.17, 15) is 24.0 Å². The zero-order valence-electron chi connectivity index (χ0n) is 22.9. The average molecular weight is 508 g/mol. The number of rotatable bonds is 10. The van der Waals surface area contributed by atoms with Crippen LogP contribution >= 0.6 is 0 Å². The van der Waals surface area contributed by atoms with E-state index in [0.29, 0.717) is 31.7 Å². The van der Waals surface area contributed by atoms with Gasteiger partial charge in [0, 0.05) is 13.5 Å². The van der Waals surface area contributed by atoms with Gasteiger partial charge in [0.05, 0.1) is 6.04 Å². The molecule has 9 nitrogen and oxygen atoms in total. The Morgan fingerprint density at radius 2 is 1.67 bits per heavy atom. The molecule has 9 heteroatoms. The number of hydrogen-bond donors (Lipinski definition) is 2. The number of Topliss-reactive ketones (excluding diaryl/α,β-unsaturated/α-hetero) is 2. The Balaban J connectivity index is 2.28. The lowest BCUT2D eigenvalue weighted by Crippen LogP contribution is -2.58. The highest BCUT2D eigenvalue weighted by Gasteiger charge is 2.38. The maximum Gasteiger partial charge on any atom is 0.408 e. The second kappa shape index (κ2) is 13.2. The molecular formula is C27H45N3O6. The molecule has 0 bridgehead atoms. The van der Waals surface area contributed by atoms with Crippen molar-refractivity contribution >= 4 is 29.5 Å². The Labute approximate surface area is 215 Å². The van der Waals surface area contributed by atoms with Crippen LogP contribution in [0, 0.1) is 11.8 Å². The SMILES string of the molecule is CC(=O)C(=O)C(CC1CC1)NC(=O)[C@H](CC(C)C)N1CCCCCCC(NC(=O)OC(C)(C)C)C1=O. The Morgan fingerprint density at radius 3 is 2.22 bits per heavy atom. The third-order valence-corrected chi connectivity index (χ3v) is 6.53. The number of ether oxygens (including phenoxy) is 1. The van der Waals surface area contributed by atoms with Gasteiger partial charge >= 0.3 is 6.09 Å². The number of ketones is 2. The zero-order valence-corrected chi connectivity index (χ0v) is 22.9. The lowest BCUT2D eigenvalue weighted by atomic mass is 9.98. The number of nitrogens with zero attached hydrogens (tertiary/aromatic N) is 1. The molecule has 0 radical (unpaired) electrons. The number of carbonyl (C=O) groups is 5. The summed E-state index contributed by atoms with van der Waals surface area (Å²) in [4.78, 5) is 65.8. The van der Waals surface area contributed by atoms with Crippen LogP contribution in [-0.4, -0.2) is 64.6 Å². The molecule has 0 aromatic carbocycles. The standard InChI is InChI=1S/C27H45N3O6/c1-17(2)15-22(24(33)28-21(16-19-12-13-19)23(32)18(3)31)30-14-10-8-7-9-11-20(25(30)34)29-26(35)36-27(4,5)6/h17,19-22H,7-16H2,1-6H3,(H,28,33)(H,29,35)/t20?,21?,22-/m0/s1. The van der Waals surface area contributed by atoms with E-state index in [1.165, 1.54) is 6.92 Å². The predicted octanol–water partition coefficient (Wildman–Crippen LogP) is 3.53. The molecule has 2 rings (SSSR count). The zero-order chi connectivity index (χ0) is 27.0. The molecular weight excluding hydrogens is 462 g/mol. The first kappa shape index (κ1) is 29.8. The van der Waals surface area contributed by atoms with Crippen LogP contribution in [0.15, 0.2) is 0 Å². The molecule has 2 N–H and O–H groups in total. The van der Waals surface area contributed by atoms with Gasteiger partial charge in [-0.25, -0.2) is 4.79 Å². The van der Waals surface area contributed by atoms with E-state index in [4.69, 9.17) is 4.74 Å². The summed E-state index contributed by atoms with van der Waals surface area (Å²) < 4.78 is 5.37. The number of carbonyl (C=O) groups excluding carboxylic acids is 5. The van der Waals surface area contributed by atoms with E-state index in [1.54, 1.807) is 25.7 Å². The molecule has 204 valence electrons. The van der Waals surface area contributed by atoms with Gasteiger partial charge in [-0.2, -0.15) is 0 Å². The summed E-state index contributed by atoms with van der Waals surface area (Å²) in [7, 11) is 0. The molecule has 1 saturated heterocycles. The van der Waals surface area contributed by atoms with Gasteiger partial charge in [-0.05, 0) is 58.3 Å². The van der Waals surface area contributed by atoms with E-state index in [0.717, 1.165) is 38.5 Å². The van der Waals surface area contributed by atoms with Gasteiger partial charge in [-0.15, -0.1) is 0 Å². The van der Waals surface area contributed by atoms with Gasteiger partial charge in [-0.1, -0.05) is 46.0 Å². The molecule has 2 aliphatic rings. The lowest BCUT2D eigenvalue weighted by molar-refractivity contribution is -0.144.